The third-order valence-corrected chi connectivity index (χ3v) is 2.84. The second-order valence-electron chi connectivity index (χ2n) is 5.20. The first-order valence-corrected chi connectivity index (χ1v) is 6.24. The Bertz CT molecular complexity index is 318. The van der Waals surface area contributed by atoms with Crippen LogP contribution in [0.4, 0.5) is 0 Å². The van der Waals surface area contributed by atoms with Gasteiger partial charge in [-0.3, -0.25) is 0 Å². The summed E-state index contributed by atoms with van der Waals surface area (Å²) in [5, 5.41) is 7.66. The number of hydrogen-bond acceptors (Lipinski definition) is 4. The van der Waals surface area contributed by atoms with Crippen LogP contribution < -0.4 is 5.32 Å². The first-order chi connectivity index (χ1) is 8.00. The third-order valence-electron chi connectivity index (χ3n) is 2.84. The lowest BCUT2D eigenvalue weighted by Gasteiger charge is -2.20. The van der Waals surface area contributed by atoms with Gasteiger partial charge in [-0.2, -0.15) is 5.10 Å². The Balaban J connectivity index is 2.39. The van der Waals surface area contributed by atoms with Crippen molar-refractivity contribution in [1.29, 1.82) is 0 Å². The van der Waals surface area contributed by atoms with Gasteiger partial charge in [0, 0.05) is 19.1 Å². The molecule has 0 aliphatic rings. The molecule has 0 saturated carbocycles. The molecular formula is C12H25N5. The van der Waals surface area contributed by atoms with Gasteiger partial charge in [0.1, 0.15) is 12.2 Å². The molecule has 1 heterocycles. The maximum atomic E-state index is 4.29. The van der Waals surface area contributed by atoms with Gasteiger partial charge in [-0.1, -0.05) is 13.8 Å². The van der Waals surface area contributed by atoms with Gasteiger partial charge in [0.25, 0.3) is 0 Å². The summed E-state index contributed by atoms with van der Waals surface area (Å²) in [6.45, 7) is 9.25. The molecule has 0 aliphatic carbocycles. The summed E-state index contributed by atoms with van der Waals surface area (Å²) in [5.74, 6) is 1.61. The van der Waals surface area contributed by atoms with E-state index in [9.17, 15) is 0 Å². The lowest BCUT2D eigenvalue weighted by molar-refractivity contribution is 0.301. The second kappa shape index (κ2) is 6.71. The first kappa shape index (κ1) is 14.1. The van der Waals surface area contributed by atoms with Crippen LogP contribution in [-0.2, 0) is 13.1 Å². The zero-order chi connectivity index (χ0) is 12.8. The van der Waals surface area contributed by atoms with E-state index >= 15 is 0 Å². The number of rotatable bonds is 7. The predicted octanol–water partition coefficient (Wildman–Crippen LogP) is 0.974. The minimum atomic E-state index is 0.525. The molecular weight excluding hydrogens is 214 g/mol. The highest BCUT2D eigenvalue weighted by atomic mass is 15.3. The number of likely N-dealkylation sites (N-methyl/N-ethyl adjacent to an activating group) is 1. The van der Waals surface area contributed by atoms with E-state index in [1.54, 1.807) is 6.33 Å². The average molecular weight is 239 g/mol. The summed E-state index contributed by atoms with van der Waals surface area (Å²) in [7, 11) is 4.18. The van der Waals surface area contributed by atoms with Crippen LogP contribution in [0.3, 0.4) is 0 Å². The van der Waals surface area contributed by atoms with Gasteiger partial charge in [-0.15, -0.1) is 0 Å². The zero-order valence-corrected chi connectivity index (χ0v) is 11.6. The van der Waals surface area contributed by atoms with E-state index in [0.29, 0.717) is 12.0 Å². The van der Waals surface area contributed by atoms with Crippen molar-refractivity contribution >= 4 is 0 Å². The van der Waals surface area contributed by atoms with Crippen LogP contribution in [0.15, 0.2) is 6.33 Å². The van der Waals surface area contributed by atoms with E-state index in [-0.39, 0.29) is 0 Å². The molecule has 5 heteroatoms. The van der Waals surface area contributed by atoms with E-state index in [2.05, 4.69) is 55.2 Å². The van der Waals surface area contributed by atoms with Crippen LogP contribution >= 0.6 is 0 Å². The smallest absolute Gasteiger partial charge is 0.140 e. The molecule has 0 fully saturated rings. The fourth-order valence-electron chi connectivity index (χ4n) is 1.50. The Labute approximate surface area is 104 Å². The van der Waals surface area contributed by atoms with Crippen LogP contribution in [0.1, 0.15) is 26.6 Å². The molecule has 1 aromatic heterocycles. The SMILES string of the molecule is CC(C)Cn1ncnc1CNCC(C)N(C)C. The Hall–Kier alpha value is -0.940. The average Bonchev–Trinajstić information content (AvgIpc) is 2.64. The van der Waals surface area contributed by atoms with Crippen molar-refractivity contribution in [1.82, 2.24) is 25.0 Å². The fraction of sp³-hybridized carbons (Fsp3) is 0.833. The van der Waals surface area contributed by atoms with Crippen molar-refractivity contribution in [3.05, 3.63) is 12.2 Å². The van der Waals surface area contributed by atoms with Crippen molar-refractivity contribution in [2.75, 3.05) is 20.6 Å². The fourth-order valence-corrected chi connectivity index (χ4v) is 1.50. The van der Waals surface area contributed by atoms with Gasteiger partial charge in [0.15, 0.2) is 0 Å². The molecule has 1 N–H and O–H groups in total. The summed E-state index contributed by atoms with van der Waals surface area (Å²) in [5.41, 5.74) is 0. The number of nitrogens with zero attached hydrogens (tertiary/aromatic N) is 4. The topological polar surface area (TPSA) is 46.0 Å². The van der Waals surface area contributed by atoms with Crippen molar-refractivity contribution < 1.29 is 0 Å². The molecule has 0 aromatic carbocycles. The van der Waals surface area contributed by atoms with Crippen LogP contribution in [0.2, 0.25) is 0 Å². The van der Waals surface area contributed by atoms with Crippen molar-refractivity contribution in [2.45, 2.75) is 39.9 Å². The third kappa shape index (κ3) is 4.83. The Kier molecular flexibility index (Phi) is 5.58. The number of aromatic nitrogens is 3. The minimum absolute atomic E-state index is 0.525. The lowest BCUT2D eigenvalue weighted by atomic mass is 10.2. The highest BCUT2D eigenvalue weighted by Crippen LogP contribution is 2.01. The molecule has 5 nitrogen and oxygen atoms in total. The van der Waals surface area contributed by atoms with Gasteiger partial charge >= 0.3 is 0 Å². The number of nitrogens with one attached hydrogen (secondary N) is 1. The molecule has 0 saturated heterocycles. The van der Waals surface area contributed by atoms with E-state index in [1.165, 1.54) is 0 Å². The van der Waals surface area contributed by atoms with Crippen molar-refractivity contribution in [3.8, 4) is 0 Å². The largest absolute Gasteiger partial charge is 0.308 e. The first-order valence-electron chi connectivity index (χ1n) is 6.24. The van der Waals surface area contributed by atoms with Gasteiger partial charge in [0.2, 0.25) is 0 Å². The molecule has 0 spiro atoms. The molecule has 0 aliphatic heterocycles. The molecule has 1 rings (SSSR count). The van der Waals surface area contributed by atoms with E-state index in [4.69, 9.17) is 0 Å². The molecule has 1 unspecified atom stereocenters. The summed E-state index contributed by atoms with van der Waals surface area (Å²) in [6, 6.07) is 0.525. The Morgan fingerprint density at radius 1 is 1.35 bits per heavy atom. The maximum Gasteiger partial charge on any atom is 0.140 e. The molecule has 0 radical (unpaired) electrons. The summed E-state index contributed by atoms with van der Waals surface area (Å²) < 4.78 is 1.98. The van der Waals surface area contributed by atoms with Crippen molar-refractivity contribution in [3.63, 3.8) is 0 Å². The van der Waals surface area contributed by atoms with Crippen LogP contribution in [0, 0.1) is 5.92 Å². The predicted molar refractivity (Wildman–Crippen MR) is 69.7 cm³/mol. The summed E-state index contributed by atoms with van der Waals surface area (Å²) in [4.78, 5) is 6.49. The number of hydrogen-bond donors (Lipinski definition) is 1. The van der Waals surface area contributed by atoms with Crippen LogP contribution in [0.5, 0.6) is 0 Å². The van der Waals surface area contributed by atoms with E-state index in [0.717, 1.165) is 25.5 Å². The normalized spacial score (nSPS) is 13.6. The minimum Gasteiger partial charge on any atom is -0.308 e. The van der Waals surface area contributed by atoms with E-state index < -0.39 is 0 Å². The molecule has 0 amide bonds. The van der Waals surface area contributed by atoms with Gasteiger partial charge < -0.3 is 10.2 Å². The lowest BCUT2D eigenvalue weighted by Crippen LogP contribution is -2.35. The Morgan fingerprint density at radius 2 is 2.06 bits per heavy atom. The van der Waals surface area contributed by atoms with Crippen molar-refractivity contribution in [2.24, 2.45) is 5.92 Å². The molecule has 17 heavy (non-hydrogen) atoms. The Morgan fingerprint density at radius 3 is 2.65 bits per heavy atom. The summed E-state index contributed by atoms with van der Waals surface area (Å²) in [6.07, 6.45) is 1.63. The molecule has 1 aromatic rings. The molecule has 98 valence electrons. The van der Waals surface area contributed by atoms with Crippen LogP contribution in [-0.4, -0.2) is 46.3 Å². The zero-order valence-electron chi connectivity index (χ0n) is 11.6. The van der Waals surface area contributed by atoms with E-state index in [1.807, 2.05) is 4.68 Å². The van der Waals surface area contributed by atoms with Gasteiger partial charge in [0.05, 0.1) is 6.54 Å². The summed E-state index contributed by atoms with van der Waals surface area (Å²) >= 11 is 0. The quantitative estimate of drug-likeness (QED) is 0.770. The highest BCUT2D eigenvalue weighted by Gasteiger charge is 2.07. The molecule has 0 bridgehead atoms. The van der Waals surface area contributed by atoms with Crippen LogP contribution in [0.25, 0.3) is 0 Å². The monoisotopic (exact) mass is 239 g/mol. The van der Waals surface area contributed by atoms with Gasteiger partial charge in [-0.05, 0) is 26.9 Å². The second-order valence-corrected chi connectivity index (χ2v) is 5.20. The standard InChI is InChI=1S/C12H25N5/c1-10(2)8-17-12(14-9-15-17)7-13-6-11(3)16(4)5/h9-11,13H,6-8H2,1-5H3. The molecule has 1 atom stereocenters. The maximum absolute atomic E-state index is 4.29. The van der Waals surface area contributed by atoms with Gasteiger partial charge in [-0.25, -0.2) is 9.67 Å². The highest BCUT2D eigenvalue weighted by molar-refractivity contribution is 4.84.